The molecule has 1 aliphatic heterocycles. The highest BCUT2D eigenvalue weighted by Crippen LogP contribution is 2.32. The summed E-state index contributed by atoms with van der Waals surface area (Å²) in [7, 11) is 0. The molecular weight excluding hydrogens is 206 g/mol. The fourth-order valence-corrected chi connectivity index (χ4v) is 3.09. The van der Waals surface area contributed by atoms with E-state index in [1.54, 1.807) is 0 Å². The fourth-order valence-electron chi connectivity index (χ4n) is 2.01. The van der Waals surface area contributed by atoms with E-state index in [1.807, 2.05) is 17.8 Å². The molecule has 1 aromatic carbocycles. The number of hydrogen-bond acceptors (Lipinski definition) is 3. The number of aryl methyl sites for hydroxylation is 1. The number of thioether (sulfide) groups is 1. The van der Waals surface area contributed by atoms with Gasteiger partial charge in [-0.1, -0.05) is 23.9 Å². The third-order valence-electron chi connectivity index (χ3n) is 2.83. The van der Waals surface area contributed by atoms with Crippen LogP contribution in [0.4, 0.5) is 0 Å². The topological polar surface area (TPSA) is 43.8 Å². The first-order chi connectivity index (χ1) is 7.38. The first-order valence-electron chi connectivity index (χ1n) is 5.20. The molecule has 0 saturated heterocycles. The maximum absolute atomic E-state index is 5.70. The molecule has 4 heteroatoms. The number of imidazole rings is 1. The number of fused-ring (bicyclic) bond motifs is 3. The predicted molar refractivity (Wildman–Crippen MR) is 63.0 cm³/mol. The van der Waals surface area contributed by atoms with E-state index in [2.05, 4.69) is 27.8 Å². The summed E-state index contributed by atoms with van der Waals surface area (Å²) in [6.07, 6.45) is 1.15. The molecule has 1 aromatic heterocycles. The van der Waals surface area contributed by atoms with Crippen molar-refractivity contribution in [3.8, 4) is 0 Å². The first kappa shape index (κ1) is 9.24. The molecule has 0 bridgehead atoms. The zero-order valence-electron chi connectivity index (χ0n) is 8.39. The Bertz CT molecular complexity index is 492. The minimum absolute atomic E-state index is 0.536. The van der Waals surface area contributed by atoms with Crippen molar-refractivity contribution in [1.29, 1.82) is 0 Å². The van der Waals surface area contributed by atoms with Crippen LogP contribution >= 0.6 is 11.8 Å². The van der Waals surface area contributed by atoms with Crippen molar-refractivity contribution in [1.82, 2.24) is 9.55 Å². The third-order valence-corrected chi connectivity index (χ3v) is 4.11. The Morgan fingerprint density at radius 3 is 3.20 bits per heavy atom. The molecule has 2 N–H and O–H groups in total. The minimum atomic E-state index is 0.536. The molecule has 1 aliphatic rings. The van der Waals surface area contributed by atoms with E-state index < -0.39 is 0 Å². The van der Waals surface area contributed by atoms with Crippen molar-refractivity contribution in [2.24, 2.45) is 5.73 Å². The second-order valence-electron chi connectivity index (χ2n) is 3.80. The molecule has 0 amide bonds. The molecule has 2 heterocycles. The summed E-state index contributed by atoms with van der Waals surface area (Å²) >= 11 is 1.81. The highest BCUT2D eigenvalue weighted by atomic mass is 32.2. The summed E-state index contributed by atoms with van der Waals surface area (Å²) in [5.41, 5.74) is 8.04. The van der Waals surface area contributed by atoms with Crippen molar-refractivity contribution in [2.75, 3.05) is 6.54 Å². The van der Waals surface area contributed by atoms with Crippen LogP contribution in [0.3, 0.4) is 0 Å². The molecule has 15 heavy (non-hydrogen) atoms. The quantitative estimate of drug-likeness (QED) is 0.796. The minimum Gasteiger partial charge on any atom is -0.329 e. The molecular formula is C11H13N3S. The normalized spacial score (nSPS) is 20.5. The Balaban J connectivity index is 2.12. The van der Waals surface area contributed by atoms with E-state index in [9.17, 15) is 0 Å². The predicted octanol–water partition coefficient (Wildman–Crippen LogP) is 1.86. The van der Waals surface area contributed by atoms with Gasteiger partial charge in [0.25, 0.3) is 0 Å². The van der Waals surface area contributed by atoms with Crippen LogP contribution in [0.5, 0.6) is 0 Å². The van der Waals surface area contributed by atoms with Gasteiger partial charge in [0, 0.05) is 18.3 Å². The van der Waals surface area contributed by atoms with Gasteiger partial charge in [-0.2, -0.15) is 0 Å². The Hall–Kier alpha value is -1.00. The lowest BCUT2D eigenvalue weighted by molar-refractivity contribution is 0.572. The fraction of sp³-hybridized carbons (Fsp3) is 0.364. The van der Waals surface area contributed by atoms with Gasteiger partial charge in [0.2, 0.25) is 0 Å². The lowest BCUT2D eigenvalue weighted by atomic mass is 10.3. The first-order valence-corrected chi connectivity index (χ1v) is 6.08. The molecule has 1 unspecified atom stereocenters. The number of hydrogen-bond donors (Lipinski definition) is 1. The molecule has 1 atom stereocenters. The number of nitrogens with two attached hydrogens (primary N) is 1. The largest absolute Gasteiger partial charge is 0.329 e. The van der Waals surface area contributed by atoms with Gasteiger partial charge in [0.05, 0.1) is 11.0 Å². The Labute approximate surface area is 92.7 Å². The zero-order chi connectivity index (χ0) is 10.3. The van der Waals surface area contributed by atoms with E-state index in [-0.39, 0.29) is 0 Å². The number of benzene rings is 1. The van der Waals surface area contributed by atoms with Gasteiger partial charge in [-0.05, 0) is 18.6 Å². The molecule has 0 aliphatic carbocycles. The highest BCUT2D eigenvalue weighted by molar-refractivity contribution is 7.99. The summed E-state index contributed by atoms with van der Waals surface area (Å²) in [5, 5.41) is 1.66. The van der Waals surface area contributed by atoms with E-state index in [0.717, 1.165) is 30.2 Å². The molecule has 78 valence electrons. The van der Waals surface area contributed by atoms with Gasteiger partial charge in [0.1, 0.15) is 0 Å². The molecule has 0 fully saturated rings. The maximum atomic E-state index is 5.70. The van der Waals surface area contributed by atoms with Crippen LogP contribution in [-0.4, -0.2) is 21.3 Å². The van der Waals surface area contributed by atoms with E-state index in [1.165, 1.54) is 5.52 Å². The van der Waals surface area contributed by atoms with Crippen LogP contribution in [-0.2, 0) is 6.54 Å². The van der Waals surface area contributed by atoms with E-state index >= 15 is 0 Å². The van der Waals surface area contributed by atoms with Gasteiger partial charge < -0.3 is 10.3 Å². The monoisotopic (exact) mass is 219 g/mol. The number of aromatic nitrogens is 2. The van der Waals surface area contributed by atoms with Crippen molar-refractivity contribution < 1.29 is 0 Å². The van der Waals surface area contributed by atoms with Gasteiger partial charge in [-0.3, -0.25) is 0 Å². The summed E-state index contributed by atoms with van der Waals surface area (Å²) in [5.74, 6) is 0. The molecule has 3 nitrogen and oxygen atoms in total. The van der Waals surface area contributed by atoms with E-state index in [4.69, 9.17) is 5.73 Å². The SMILES string of the molecule is NCC1CCn2c(nc3ccccc32)S1. The van der Waals surface area contributed by atoms with Gasteiger partial charge >= 0.3 is 0 Å². The molecule has 2 aromatic rings. The lowest BCUT2D eigenvalue weighted by Crippen LogP contribution is -2.23. The van der Waals surface area contributed by atoms with E-state index in [0.29, 0.717) is 5.25 Å². The van der Waals surface area contributed by atoms with Crippen LogP contribution in [0, 0.1) is 0 Å². The van der Waals surface area contributed by atoms with Crippen LogP contribution in [0.25, 0.3) is 11.0 Å². The molecule has 0 saturated carbocycles. The highest BCUT2D eigenvalue weighted by Gasteiger charge is 2.21. The Kier molecular flexibility index (Phi) is 2.18. The van der Waals surface area contributed by atoms with Crippen molar-refractivity contribution in [3.05, 3.63) is 24.3 Å². The Morgan fingerprint density at radius 2 is 2.33 bits per heavy atom. The standard InChI is InChI=1S/C11H13N3S/c12-7-8-5-6-14-10-4-2-1-3-9(10)13-11(14)15-8/h1-4,8H,5-7,12H2. The number of para-hydroxylation sites is 2. The number of nitrogens with zero attached hydrogens (tertiary/aromatic N) is 2. The van der Waals surface area contributed by atoms with Crippen molar-refractivity contribution in [2.45, 2.75) is 23.4 Å². The molecule has 0 spiro atoms. The summed E-state index contributed by atoms with van der Waals surface area (Å²) in [6.45, 7) is 1.79. The van der Waals surface area contributed by atoms with Gasteiger partial charge in [-0.25, -0.2) is 4.98 Å². The smallest absolute Gasteiger partial charge is 0.169 e. The van der Waals surface area contributed by atoms with Crippen LogP contribution < -0.4 is 5.73 Å². The third kappa shape index (κ3) is 1.44. The second-order valence-corrected chi connectivity index (χ2v) is 5.07. The Morgan fingerprint density at radius 1 is 1.47 bits per heavy atom. The summed E-state index contributed by atoms with van der Waals surface area (Å²) < 4.78 is 2.30. The average molecular weight is 219 g/mol. The maximum Gasteiger partial charge on any atom is 0.169 e. The summed E-state index contributed by atoms with van der Waals surface area (Å²) in [4.78, 5) is 4.62. The van der Waals surface area contributed by atoms with Crippen molar-refractivity contribution >= 4 is 22.8 Å². The molecule has 3 rings (SSSR count). The average Bonchev–Trinajstić information content (AvgIpc) is 2.66. The van der Waals surface area contributed by atoms with Crippen LogP contribution in [0.15, 0.2) is 29.4 Å². The zero-order valence-corrected chi connectivity index (χ0v) is 9.20. The second kappa shape index (κ2) is 3.54. The van der Waals surface area contributed by atoms with Gasteiger partial charge in [0.15, 0.2) is 5.16 Å². The molecule has 0 radical (unpaired) electrons. The van der Waals surface area contributed by atoms with Crippen molar-refractivity contribution in [3.63, 3.8) is 0 Å². The summed E-state index contributed by atoms with van der Waals surface area (Å²) in [6, 6.07) is 8.30. The van der Waals surface area contributed by atoms with Crippen LogP contribution in [0.2, 0.25) is 0 Å². The van der Waals surface area contributed by atoms with Gasteiger partial charge in [-0.15, -0.1) is 0 Å². The number of rotatable bonds is 1. The lowest BCUT2D eigenvalue weighted by Gasteiger charge is -2.21. The van der Waals surface area contributed by atoms with Crippen LogP contribution in [0.1, 0.15) is 6.42 Å².